The van der Waals surface area contributed by atoms with Gasteiger partial charge in [-0.15, -0.1) is 5.10 Å². The van der Waals surface area contributed by atoms with Gasteiger partial charge >= 0.3 is 0 Å². The largest absolute Gasteiger partial charge is 0.489 e. The van der Waals surface area contributed by atoms with Crippen LogP contribution in [0.3, 0.4) is 0 Å². The smallest absolute Gasteiger partial charge is 0.292 e. The molecule has 38 heavy (non-hydrogen) atoms. The number of benzene rings is 3. The molecule has 0 spiro atoms. The minimum absolute atomic E-state index is 0.0294. The maximum atomic E-state index is 13.3. The number of hydrogen-bond donors (Lipinski definition) is 2. The van der Waals surface area contributed by atoms with Gasteiger partial charge in [0.05, 0.1) is 5.71 Å². The second-order valence-corrected chi connectivity index (χ2v) is 8.12. The van der Waals surface area contributed by atoms with Crippen LogP contribution in [0.25, 0.3) is 17.1 Å². The number of carbonyl (C=O) groups is 1. The van der Waals surface area contributed by atoms with Crippen LogP contribution in [0.2, 0.25) is 0 Å². The predicted molar refractivity (Wildman–Crippen MR) is 136 cm³/mol. The van der Waals surface area contributed by atoms with Crippen molar-refractivity contribution >= 4 is 17.4 Å². The summed E-state index contributed by atoms with van der Waals surface area (Å²) in [7, 11) is 0. The van der Waals surface area contributed by atoms with Crippen molar-refractivity contribution in [2.24, 2.45) is 5.10 Å². The van der Waals surface area contributed by atoms with E-state index in [1.807, 2.05) is 30.3 Å². The molecule has 0 saturated heterocycles. The Bertz CT molecular complexity index is 1580. The van der Waals surface area contributed by atoms with Crippen LogP contribution in [0.5, 0.6) is 5.75 Å². The SMILES string of the molecule is CC(=NNC(=O)c1c(-c2ccccc2)nnn1-c1nonc1N)c1ccc(OCc2ccc(F)cc2)cc1. The number of aromatic nitrogens is 5. The van der Waals surface area contributed by atoms with E-state index in [9.17, 15) is 9.18 Å². The van der Waals surface area contributed by atoms with E-state index in [4.69, 9.17) is 10.5 Å². The Morgan fingerprint density at radius 3 is 2.47 bits per heavy atom. The lowest BCUT2D eigenvalue weighted by Gasteiger charge is -2.08. The van der Waals surface area contributed by atoms with Crippen molar-refractivity contribution in [1.29, 1.82) is 0 Å². The number of nitrogens with zero attached hydrogens (tertiary/aromatic N) is 6. The molecule has 0 aliphatic rings. The maximum Gasteiger partial charge on any atom is 0.292 e. The first-order valence-electron chi connectivity index (χ1n) is 11.4. The van der Waals surface area contributed by atoms with Gasteiger partial charge in [0, 0.05) is 5.56 Å². The van der Waals surface area contributed by atoms with Crippen molar-refractivity contribution in [3.63, 3.8) is 0 Å². The quantitative estimate of drug-likeness (QED) is 0.236. The summed E-state index contributed by atoms with van der Waals surface area (Å²) in [5.41, 5.74) is 11.6. The van der Waals surface area contributed by atoms with Crippen molar-refractivity contribution in [2.75, 3.05) is 5.73 Å². The van der Waals surface area contributed by atoms with E-state index >= 15 is 0 Å². The zero-order chi connectivity index (χ0) is 26.5. The Hall–Kier alpha value is -5.39. The van der Waals surface area contributed by atoms with Gasteiger partial charge in [0.1, 0.15) is 23.9 Å². The van der Waals surface area contributed by atoms with Crippen molar-refractivity contribution < 1.29 is 18.6 Å². The topological polar surface area (TPSA) is 146 Å². The summed E-state index contributed by atoms with van der Waals surface area (Å²) >= 11 is 0. The molecule has 0 aliphatic heterocycles. The highest BCUT2D eigenvalue weighted by Crippen LogP contribution is 2.24. The Balaban J connectivity index is 1.33. The second-order valence-electron chi connectivity index (χ2n) is 8.12. The van der Waals surface area contributed by atoms with E-state index < -0.39 is 5.91 Å². The van der Waals surface area contributed by atoms with Crippen molar-refractivity contribution in [3.8, 4) is 22.8 Å². The Labute approximate surface area is 215 Å². The van der Waals surface area contributed by atoms with Gasteiger partial charge in [-0.3, -0.25) is 4.79 Å². The molecular weight excluding hydrogens is 491 g/mol. The lowest BCUT2D eigenvalue weighted by molar-refractivity contribution is 0.0947. The molecule has 0 unspecified atom stereocenters. The highest BCUT2D eigenvalue weighted by atomic mass is 19.1. The van der Waals surface area contributed by atoms with Crippen molar-refractivity contribution in [3.05, 3.63) is 102 Å². The molecule has 5 aromatic rings. The lowest BCUT2D eigenvalue weighted by Crippen LogP contribution is -2.23. The zero-order valence-electron chi connectivity index (χ0n) is 20.1. The molecule has 0 aliphatic carbocycles. The molecule has 11 nitrogen and oxygen atoms in total. The minimum Gasteiger partial charge on any atom is -0.489 e. The van der Waals surface area contributed by atoms with Crippen molar-refractivity contribution in [1.82, 2.24) is 30.7 Å². The Morgan fingerprint density at radius 1 is 1.05 bits per heavy atom. The molecule has 0 bridgehead atoms. The first-order chi connectivity index (χ1) is 18.5. The second kappa shape index (κ2) is 10.7. The summed E-state index contributed by atoms with van der Waals surface area (Å²) in [6.07, 6.45) is 0. The number of halogens is 1. The fourth-order valence-corrected chi connectivity index (χ4v) is 3.55. The van der Waals surface area contributed by atoms with E-state index in [1.165, 1.54) is 12.1 Å². The first kappa shape index (κ1) is 24.3. The van der Waals surface area contributed by atoms with Crippen LogP contribution in [0, 0.1) is 5.82 Å². The zero-order valence-corrected chi connectivity index (χ0v) is 20.1. The standard InChI is InChI=1S/C26H21FN8O3/c1-16(18-9-13-21(14-10-18)37-15-17-7-11-20(27)12-8-17)29-31-26(36)23-22(19-5-3-2-4-6-19)30-34-35(23)25-24(28)32-38-33-25/h2-14H,15H2,1H3,(H2,28,32)(H,31,36). The number of nitrogens with one attached hydrogen (secondary N) is 1. The van der Waals surface area contributed by atoms with Crippen LogP contribution in [0.1, 0.15) is 28.5 Å². The monoisotopic (exact) mass is 512 g/mol. The van der Waals surface area contributed by atoms with E-state index in [0.29, 0.717) is 29.3 Å². The lowest BCUT2D eigenvalue weighted by atomic mass is 10.1. The number of carbonyl (C=O) groups excluding carboxylic acids is 1. The van der Waals surface area contributed by atoms with Gasteiger partial charge in [-0.2, -0.15) is 9.78 Å². The Morgan fingerprint density at radius 2 is 1.79 bits per heavy atom. The molecule has 2 heterocycles. The van der Waals surface area contributed by atoms with Gasteiger partial charge in [-0.25, -0.2) is 14.4 Å². The summed E-state index contributed by atoms with van der Waals surface area (Å²) in [5, 5.41) is 19.7. The Kier molecular flexibility index (Phi) is 6.85. The summed E-state index contributed by atoms with van der Waals surface area (Å²) in [6.45, 7) is 2.06. The molecule has 1 amide bonds. The third-order valence-electron chi connectivity index (χ3n) is 5.54. The van der Waals surface area contributed by atoms with Gasteiger partial charge < -0.3 is 10.5 Å². The summed E-state index contributed by atoms with van der Waals surface area (Å²) in [5.74, 6) is -0.269. The highest BCUT2D eigenvalue weighted by Gasteiger charge is 2.26. The molecule has 12 heteroatoms. The van der Waals surface area contributed by atoms with Crippen LogP contribution in [-0.4, -0.2) is 36.9 Å². The maximum absolute atomic E-state index is 13.3. The number of hydrazone groups is 1. The van der Waals surface area contributed by atoms with E-state index in [2.05, 4.69) is 35.8 Å². The summed E-state index contributed by atoms with van der Waals surface area (Å²) < 4.78 is 24.6. The minimum atomic E-state index is -0.588. The third kappa shape index (κ3) is 5.23. The average molecular weight is 513 g/mol. The number of hydrogen-bond acceptors (Lipinski definition) is 9. The van der Waals surface area contributed by atoms with Crippen LogP contribution in [-0.2, 0) is 6.61 Å². The molecule has 0 radical (unpaired) electrons. The van der Waals surface area contributed by atoms with Crippen LogP contribution in [0.4, 0.5) is 10.2 Å². The number of amides is 1. The highest BCUT2D eigenvalue weighted by molar-refractivity contribution is 6.02. The number of nitrogen functional groups attached to an aromatic ring is 1. The molecule has 5 rings (SSSR count). The summed E-state index contributed by atoms with van der Waals surface area (Å²) in [4.78, 5) is 13.3. The van der Waals surface area contributed by atoms with Gasteiger partial charge in [0.15, 0.2) is 5.69 Å². The van der Waals surface area contributed by atoms with Gasteiger partial charge in [0.2, 0.25) is 11.6 Å². The van der Waals surface area contributed by atoms with Crippen LogP contribution < -0.4 is 15.9 Å². The molecule has 3 aromatic carbocycles. The fraction of sp³-hybridized carbons (Fsp3) is 0.0769. The van der Waals surface area contributed by atoms with Crippen LogP contribution in [0.15, 0.2) is 88.6 Å². The molecule has 3 N–H and O–H groups in total. The third-order valence-corrected chi connectivity index (χ3v) is 5.54. The molecule has 0 fully saturated rings. The van der Waals surface area contributed by atoms with E-state index in [-0.39, 0.29) is 23.1 Å². The normalized spacial score (nSPS) is 11.4. The number of nitrogens with two attached hydrogens (primary N) is 1. The first-order valence-corrected chi connectivity index (χ1v) is 11.4. The summed E-state index contributed by atoms with van der Waals surface area (Å²) in [6, 6.07) is 22.4. The molecular formula is C26H21FN8O3. The average Bonchev–Trinajstić information content (AvgIpc) is 3.58. The van der Waals surface area contributed by atoms with Gasteiger partial charge in [0.25, 0.3) is 5.91 Å². The molecule has 2 aromatic heterocycles. The predicted octanol–water partition coefficient (Wildman–Crippen LogP) is 3.77. The van der Waals surface area contributed by atoms with E-state index in [0.717, 1.165) is 15.8 Å². The number of anilines is 1. The van der Waals surface area contributed by atoms with E-state index in [1.54, 1.807) is 43.3 Å². The number of rotatable bonds is 8. The molecule has 0 atom stereocenters. The van der Waals surface area contributed by atoms with Crippen molar-refractivity contribution in [2.45, 2.75) is 13.5 Å². The molecule has 0 saturated carbocycles. The van der Waals surface area contributed by atoms with Gasteiger partial charge in [-0.05, 0) is 64.8 Å². The molecule has 190 valence electrons. The van der Waals surface area contributed by atoms with Crippen LogP contribution >= 0.6 is 0 Å². The fourth-order valence-electron chi connectivity index (χ4n) is 3.55. The van der Waals surface area contributed by atoms with Gasteiger partial charge in [-0.1, -0.05) is 47.7 Å². The number of ether oxygens (including phenoxy) is 1.